The Morgan fingerprint density at radius 1 is 1.06 bits per heavy atom. The predicted molar refractivity (Wildman–Crippen MR) is 124 cm³/mol. The first kappa shape index (κ1) is 21.3. The zero-order valence-corrected chi connectivity index (χ0v) is 18.5. The average Bonchev–Trinajstić information content (AvgIpc) is 3.44. The number of benzene rings is 2. The summed E-state index contributed by atoms with van der Waals surface area (Å²) in [5.74, 6) is 1.45. The maximum atomic E-state index is 12.9. The molecular weight excluding hydrogens is 388 g/mol. The van der Waals surface area contributed by atoms with Crippen LogP contribution in [0.5, 0.6) is 11.5 Å². The number of aromatic nitrogens is 1. The topological polar surface area (TPSA) is 63.4 Å². The molecule has 3 aromatic rings. The molecule has 1 amide bonds. The second-order valence-electron chi connectivity index (χ2n) is 8.19. The Bertz CT molecular complexity index is 1040. The van der Waals surface area contributed by atoms with Gasteiger partial charge in [-0.2, -0.15) is 0 Å². The number of unbranched alkanes of at least 4 members (excludes halogenated alkanes) is 3. The molecular formula is C26H32N2O3. The van der Waals surface area contributed by atoms with Crippen LogP contribution >= 0.6 is 0 Å². The van der Waals surface area contributed by atoms with Gasteiger partial charge in [-0.1, -0.05) is 63.4 Å². The average molecular weight is 421 g/mol. The first-order valence-corrected chi connectivity index (χ1v) is 11.5. The van der Waals surface area contributed by atoms with E-state index >= 15 is 0 Å². The highest BCUT2D eigenvalue weighted by Gasteiger charge is 2.28. The highest BCUT2D eigenvalue weighted by Crippen LogP contribution is 2.44. The molecule has 0 radical (unpaired) electrons. The van der Waals surface area contributed by atoms with Crippen LogP contribution in [-0.2, 0) is 11.2 Å². The monoisotopic (exact) mass is 420 g/mol. The van der Waals surface area contributed by atoms with Gasteiger partial charge in [0.15, 0.2) is 11.5 Å². The number of hydrogen-bond donors (Lipinski definition) is 2. The van der Waals surface area contributed by atoms with E-state index < -0.39 is 0 Å². The van der Waals surface area contributed by atoms with Crippen molar-refractivity contribution in [2.45, 2.75) is 58.3 Å². The second kappa shape index (κ2) is 9.90. The zero-order chi connectivity index (χ0) is 21.6. The molecule has 0 fully saturated rings. The lowest BCUT2D eigenvalue weighted by Crippen LogP contribution is -2.26. The summed E-state index contributed by atoms with van der Waals surface area (Å²) in [5.41, 5.74) is 4.55. The number of amides is 1. The lowest BCUT2D eigenvalue weighted by Gasteiger charge is -2.19. The molecule has 0 spiro atoms. The molecule has 0 bridgehead atoms. The van der Waals surface area contributed by atoms with Gasteiger partial charge in [-0.25, -0.2) is 0 Å². The van der Waals surface area contributed by atoms with Gasteiger partial charge in [-0.15, -0.1) is 0 Å². The molecule has 0 saturated carbocycles. The van der Waals surface area contributed by atoms with E-state index in [0.29, 0.717) is 6.42 Å². The Hall–Kier alpha value is -2.95. The van der Waals surface area contributed by atoms with Gasteiger partial charge in [-0.05, 0) is 30.0 Å². The summed E-state index contributed by atoms with van der Waals surface area (Å²) in [6.45, 7) is 5.30. The van der Waals surface area contributed by atoms with Crippen LogP contribution in [0.2, 0.25) is 0 Å². The summed E-state index contributed by atoms with van der Waals surface area (Å²) in [7, 11) is 0. The highest BCUT2D eigenvalue weighted by molar-refractivity contribution is 5.88. The molecule has 2 aromatic carbocycles. The highest BCUT2D eigenvalue weighted by atomic mass is 16.7. The van der Waals surface area contributed by atoms with Crippen LogP contribution in [0.1, 0.15) is 68.6 Å². The number of rotatable bonds is 10. The van der Waals surface area contributed by atoms with Gasteiger partial charge in [0, 0.05) is 41.5 Å². The van der Waals surface area contributed by atoms with E-state index in [-0.39, 0.29) is 18.6 Å². The van der Waals surface area contributed by atoms with E-state index in [1.807, 2.05) is 12.1 Å². The summed E-state index contributed by atoms with van der Waals surface area (Å²) in [4.78, 5) is 16.4. The van der Waals surface area contributed by atoms with Crippen LogP contribution in [0.25, 0.3) is 10.9 Å². The van der Waals surface area contributed by atoms with Gasteiger partial charge in [0.05, 0.1) is 0 Å². The van der Waals surface area contributed by atoms with Crippen LogP contribution in [0.4, 0.5) is 0 Å². The minimum Gasteiger partial charge on any atom is -0.454 e. The van der Waals surface area contributed by atoms with E-state index in [1.165, 1.54) is 18.4 Å². The summed E-state index contributed by atoms with van der Waals surface area (Å²) in [6.07, 6.45) is 7.96. The van der Waals surface area contributed by atoms with Crippen molar-refractivity contribution in [1.82, 2.24) is 10.3 Å². The third-order valence-corrected chi connectivity index (χ3v) is 6.13. The molecule has 1 unspecified atom stereocenters. The molecule has 1 aromatic heterocycles. The molecule has 4 rings (SSSR count). The summed E-state index contributed by atoms with van der Waals surface area (Å²) in [5, 5.41) is 4.28. The molecule has 0 saturated heterocycles. The number of hydrogen-bond acceptors (Lipinski definition) is 3. The Kier molecular flexibility index (Phi) is 6.80. The van der Waals surface area contributed by atoms with Crippen molar-refractivity contribution in [3.63, 3.8) is 0 Å². The number of carbonyl (C=O) groups is 1. The van der Waals surface area contributed by atoms with Crippen molar-refractivity contribution >= 4 is 16.8 Å². The minimum atomic E-state index is -0.117. The predicted octanol–water partition coefficient (Wildman–Crippen LogP) is 5.68. The van der Waals surface area contributed by atoms with E-state index in [0.717, 1.165) is 59.3 Å². The van der Waals surface area contributed by atoms with Crippen molar-refractivity contribution in [2.75, 3.05) is 13.3 Å². The molecule has 31 heavy (non-hydrogen) atoms. The first-order valence-electron chi connectivity index (χ1n) is 11.5. The number of aromatic amines is 1. The Balaban J connectivity index is 1.65. The molecule has 1 atom stereocenters. The Morgan fingerprint density at radius 3 is 2.77 bits per heavy atom. The quantitative estimate of drug-likeness (QED) is 0.415. The first-order chi connectivity index (χ1) is 15.2. The van der Waals surface area contributed by atoms with Crippen LogP contribution in [0.3, 0.4) is 0 Å². The minimum absolute atomic E-state index is 0.0685. The molecule has 2 heterocycles. The lowest BCUT2D eigenvalue weighted by molar-refractivity contribution is -0.121. The van der Waals surface area contributed by atoms with Gasteiger partial charge in [0.1, 0.15) is 0 Å². The summed E-state index contributed by atoms with van der Waals surface area (Å²) >= 11 is 0. The van der Waals surface area contributed by atoms with E-state index in [9.17, 15) is 4.79 Å². The van der Waals surface area contributed by atoms with Crippen molar-refractivity contribution < 1.29 is 14.3 Å². The van der Waals surface area contributed by atoms with Crippen LogP contribution in [0.15, 0.2) is 42.6 Å². The van der Waals surface area contributed by atoms with Gasteiger partial charge >= 0.3 is 0 Å². The molecule has 2 N–H and O–H groups in total. The van der Waals surface area contributed by atoms with Crippen LogP contribution < -0.4 is 14.8 Å². The number of ether oxygens (including phenoxy) is 2. The second-order valence-corrected chi connectivity index (χ2v) is 8.19. The van der Waals surface area contributed by atoms with Crippen LogP contribution in [0, 0.1) is 0 Å². The number of para-hydroxylation sites is 2. The molecule has 5 heteroatoms. The maximum absolute atomic E-state index is 12.9. The number of carbonyl (C=O) groups excluding carboxylic acids is 1. The SMILES string of the molecule is CCCCCCNC(=O)CC(c1cccc2c1OCO2)c1c[nH]c2c(CC)cccc12. The van der Waals surface area contributed by atoms with E-state index in [2.05, 4.69) is 54.6 Å². The van der Waals surface area contributed by atoms with Gasteiger partial charge in [0.2, 0.25) is 12.7 Å². The standard InChI is InChI=1S/C26H32N2O3/c1-3-5-6-7-14-27-24(29)15-21(20-12-9-13-23-26(20)31-17-30-23)22-16-28-25-18(4-2)10-8-11-19(22)25/h8-13,16,21,28H,3-7,14-15,17H2,1-2H3,(H,27,29). The zero-order valence-electron chi connectivity index (χ0n) is 18.5. The van der Waals surface area contributed by atoms with Gasteiger partial charge in [0.25, 0.3) is 0 Å². The number of nitrogens with one attached hydrogen (secondary N) is 2. The van der Waals surface area contributed by atoms with Crippen molar-refractivity contribution in [3.05, 3.63) is 59.3 Å². The number of fused-ring (bicyclic) bond motifs is 2. The largest absolute Gasteiger partial charge is 0.454 e. The van der Waals surface area contributed by atoms with Crippen molar-refractivity contribution in [2.24, 2.45) is 0 Å². The maximum Gasteiger partial charge on any atom is 0.231 e. The summed E-state index contributed by atoms with van der Waals surface area (Å²) < 4.78 is 11.4. The third-order valence-electron chi connectivity index (χ3n) is 6.13. The van der Waals surface area contributed by atoms with Crippen LogP contribution in [-0.4, -0.2) is 24.2 Å². The fourth-order valence-corrected chi connectivity index (χ4v) is 4.47. The smallest absolute Gasteiger partial charge is 0.231 e. The summed E-state index contributed by atoms with van der Waals surface area (Å²) in [6, 6.07) is 12.3. The molecule has 1 aliphatic heterocycles. The normalized spacial score (nSPS) is 13.5. The third kappa shape index (κ3) is 4.55. The van der Waals surface area contributed by atoms with Crippen molar-refractivity contribution in [3.8, 4) is 11.5 Å². The molecule has 0 aliphatic carbocycles. The molecule has 164 valence electrons. The van der Waals surface area contributed by atoms with Gasteiger partial charge < -0.3 is 19.8 Å². The van der Waals surface area contributed by atoms with Crippen molar-refractivity contribution in [1.29, 1.82) is 0 Å². The lowest BCUT2D eigenvalue weighted by atomic mass is 9.86. The number of H-pyrrole nitrogens is 1. The number of aryl methyl sites for hydroxylation is 1. The molecule has 5 nitrogen and oxygen atoms in total. The fourth-order valence-electron chi connectivity index (χ4n) is 4.47. The Morgan fingerprint density at radius 2 is 1.94 bits per heavy atom. The van der Waals surface area contributed by atoms with Gasteiger partial charge in [-0.3, -0.25) is 4.79 Å². The Labute approximate surface area is 184 Å². The fraction of sp³-hybridized carbons (Fsp3) is 0.423. The van der Waals surface area contributed by atoms with E-state index in [4.69, 9.17) is 9.47 Å². The molecule has 1 aliphatic rings. The van der Waals surface area contributed by atoms with E-state index in [1.54, 1.807) is 0 Å².